The van der Waals surface area contributed by atoms with Crippen LogP contribution in [0, 0.1) is 0 Å². The first-order chi connectivity index (χ1) is 14.9. The lowest BCUT2D eigenvalue weighted by Gasteiger charge is -2.44. The third-order valence-electron chi connectivity index (χ3n) is 5.94. The van der Waals surface area contributed by atoms with Crippen molar-refractivity contribution in [3.8, 4) is 23.0 Å². The second-order valence-corrected chi connectivity index (χ2v) is 8.16. The van der Waals surface area contributed by atoms with Crippen molar-refractivity contribution in [2.24, 2.45) is 0 Å². The van der Waals surface area contributed by atoms with Crippen LogP contribution in [0.4, 0.5) is 0 Å². The summed E-state index contributed by atoms with van der Waals surface area (Å²) in [5.74, 6) is 1.75. The number of rotatable bonds is 4. The predicted molar refractivity (Wildman–Crippen MR) is 115 cm³/mol. The first kappa shape index (κ1) is 21.3. The third kappa shape index (κ3) is 3.90. The summed E-state index contributed by atoms with van der Waals surface area (Å²) in [6.07, 6.45) is 1.31. The molecule has 2 aliphatic heterocycles. The van der Waals surface area contributed by atoms with E-state index in [4.69, 9.17) is 30.5 Å². The van der Waals surface area contributed by atoms with Gasteiger partial charge < -0.3 is 23.8 Å². The Morgan fingerprint density at radius 1 is 1.03 bits per heavy atom. The van der Waals surface area contributed by atoms with Crippen LogP contribution in [-0.4, -0.2) is 56.6 Å². The Morgan fingerprint density at radius 3 is 2.39 bits per heavy atom. The molecule has 0 radical (unpaired) electrons. The summed E-state index contributed by atoms with van der Waals surface area (Å²) in [5.41, 5.74) is 0.207. The van der Waals surface area contributed by atoms with E-state index in [0.717, 1.165) is 0 Å². The number of carbonyl (C=O) groups is 2. The van der Waals surface area contributed by atoms with Crippen molar-refractivity contribution in [3.05, 3.63) is 46.5 Å². The van der Waals surface area contributed by atoms with E-state index in [9.17, 15) is 9.59 Å². The van der Waals surface area contributed by atoms with E-state index in [2.05, 4.69) is 0 Å². The van der Waals surface area contributed by atoms with Gasteiger partial charge >= 0.3 is 0 Å². The summed E-state index contributed by atoms with van der Waals surface area (Å²) in [6.45, 7) is 0.913. The van der Waals surface area contributed by atoms with Gasteiger partial charge in [0.05, 0.1) is 33.3 Å². The molecule has 1 amide bonds. The van der Waals surface area contributed by atoms with Crippen molar-refractivity contribution in [3.63, 3.8) is 0 Å². The summed E-state index contributed by atoms with van der Waals surface area (Å²) in [7, 11) is 4.59. The lowest BCUT2D eigenvalue weighted by Crippen LogP contribution is -2.52. The van der Waals surface area contributed by atoms with Gasteiger partial charge in [-0.3, -0.25) is 9.59 Å². The highest BCUT2D eigenvalue weighted by Crippen LogP contribution is 2.45. The number of amides is 1. The summed E-state index contributed by atoms with van der Waals surface area (Å²) in [6, 6.07) is 8.37. The number of hydrogen-bond donors (Lipinski definition) is 0. The lowest BCUT2D eigenvalue weighted by molar-refractivity contribution is -0.00615. The number of carbonyl (C=O) groups excluding carboxylic acids is 2. The Labute approximate surface area is 185 Å². The van der Waals surface area contributed by atoms with E-state index in [1.54, 1.807) is 42.3 Å². The van der Waals surface area contributed by atoms with Gasteiger partial charge in [-0.2, -0.15) is 0 Å². The highest BCUT2D eigenvalue weighted by Gasteiger charge is 2.45. The van der Waals surface area contributed by atoms with Crippen LogP contribution < -0.4 is 18.9 Å². The second-order valence-electron chi connectivity index (χ2n) is 7.72. The summed E-state index contributed by atoms with van der Waals surface area (Å²) in [4.78, 5) is 27.8. The van der Waals surface area contributed by atoms with Gasteiger partial charge in [-0.05, 0) is 18.2 Å². The molecule has 1 saturated heterocycles. The quantitative estimate of drug-likeness (QED) is 0.708. The van der Waals surface area contributed by atoms with E-state index in [0.29, 0.717) is 65.1 Å². The van der Waals surface area contributed by atoms with Crippen molar-refractivity contribution in [2.45, 2.75) is 24.9 Å². The fraction of sp³-hybridized carbons (Fsp3) is 0.391. The zero-order valence-corrected chi connectivity index (χ0v) is 18.5. The number of halogens is 1. The van der Waals surface area contributed by atoms with Crippen LogP contribution in [0.15, 0.2) is 30.3 Å². The fourth-order valence-corrected chi connectivity index (χ4v) is 4.44. The Balaban J connectivity index is 1.54. The summed E-state index contributed by atoms with van der Waals surface area (Å²) >= 11 is 6.08. The van der Waals surface area contributed by atoms with E-state index in [1.807, 2.05) is 0 Å². The summed E-state index contributed by atoms with van der Waals surface area (Å²) in [5, 5.41) is 0.471. The molecule has 2 heterocycles. The number of Topliss-reactive ketones (excluding diaryl/α,β-unsaturated/α-hetero) is 1. The van der Waals surface area contributed by atoms with Gasteiger partial charge in [0.15, 0.2) is 5.78 Å². The molecule has 0 aromatic heterocycles. The molecule has 0 atom stereocenters. The molecule has 4 rings (SSSR count). The fourth-order valence-electron chi connectivity index (χ4n) is 4.26. The standard InChI is InChI=1S/C23H24ClNO6/c1-28-15-11-19(30-3)21-17(26)13-23(31-20(21)12-15)6-8-25(9-7-23)22(27)16-10-14(24)4-5-18(16)29-2/h4-5,10-12H,6-9,13H2,1-3H3. The Kier molecular flexibility index (Phi) is 5.71. The van der Waals surface area contributed by atoms with Crippen molar-refractivity contribution >= 4 is 23.3 Å². The minimum atomic E-state index is -0.656. The maximum Gasteiger partial charge on any atom is 0.257 e. The molecule has 2 aromatic carbocycles. The predicted octanol–water partition coefficient (Wildman–Crippen LogP) is 4.01. The van der Waals surface area contributed by atoms with Crippen LogP contribution in [0.1, 0.15) is 40.0 Å². The van der Waals surface area contributed by atoms with E-state index in [-0.39, 0.29) is 18.1 Å². The van der Waals surface area contributed by atoms with Crippen LogP contribution >= 0.6 is 11.6 Å². The molecule has 31 heavy (non-hydrogen) atoms. The van der Waals surface area contributed by atoms with Crippen LogP contribution in [0.25, 0.3) is 0 Å². The van der Waals surface area contributed by atoms with Gasteiger partial charge in [-0.1, -0.05) is 11.6 Å². The van der Waals surface area contributed by atoms with Gasteiger partial charge in [0.2, 0.25) is 0 Å². The summed E-state index contributed by atoms with van der Waals surface area (Å²) < 4.78 is 22.4. The van der Waals surface area contributed by atoms with E-state index in [1.165, 1.54) is 14.2 Å². The number of ketones is 1. The zero-order chi connectivity index (χ0) is 22.2. The number of methoxy groups -OCH3 is 3. The van der Waals surface area contributed by atoms with Crippen molar-refractivity contribution in [1.29, 1.82) is 0 Å². The number of nitrogens with zero attached hydrogens (tertiary/aromatic N) is 1. The molecule has 164 valence electrons. The van der Waals surface area contributed by atoms with E-state index < -0.39 is 5.60 Å². The first-order valence-corrected chi connectivity index (χ1v) is 10.4. The maximum absolute atomic E-state index is 13.1. The average molecular weight is 446 g/mol. The van der Waals surface area contributed by atoms with Crippen LogP contribution in [0.3, 0.4) is 0 Å². The van der Waals surface area contributed by atoms with E-state index >= 15 is 0 Å². The normalized spacial score (nSPS) is 17.0. The highest BCUT2D eigenvalue weighted by molar-refractivity contribution is 6.31. The molecule has 0 aliphatic carbocycles. The molecule has 0 saturated carbocycles. The molecule has 1 spiro atoms. The Bertz CT molecular complexity index is 1030. The molecule has 0 bridgehead atoms. The van der Waals surface area contributed by atoms with Gasteiger partial charge in [0.25, 0.3) is 5.91 Å². The van der Waals surface area contributed by atoms with Crippen molar-refractivity contribution in [1.82, 2.24) is 4.90 Å². The number of hydrogen-bond acceptors (Lipinski definition) is 6. The Morgan fingerprint density at radius 2 is 1.74 bits per heavy atom. The smallest absolute Gasteiger partial charge is 0.257 e. The van der Waals surface area contributed by atoms with Crippen LogP contribution in [0.2, 0.25) is 5.02 Å². The lowest BCUT2D eigenvalue weighted by atomic mass is 9.82. The molecule has 8 heteroatoms. The molecular weight excluding hydrogens is 422 g/mol. The zero-order valence-electron chi connectivity index (χ0n) is 17.7. The SMILES string of the molecule is COc1cc(OC)c2c(c1)OC1(CCN(C(=O)c3cc(Cl)ccc3OC)CC1)CC2=O. The number of piperidine rings is 1. The highest BCUT2D eigenvalue weighted by atomic mass is 35.5. The molecular formula is C23H24ClNO6. The molecule has 0 N–H and O–H groups in total. The number of likely N-dealkylation sites (tertiary alicyclic amines) is 1. The minimum absolute atomic E-state index is 0.0305. The largest absolute Gasteiger partial charge is 0.496 e. The number of ether oxygens (including phenoxy) is 4. The third-order valence-corrected chi connectivity index (χ3v) is 6.17. The second kappa shape index (κ2) is 8.30. The molecule has 0 unspecified atom stereocenters. The van der Waals surface area contributed by atoms with Gasteiger partial charge in [-0.15, -0.1) is 0 Å². The topological polar surface area (TPSA) is 74.3 Å². The van der Waals surface area contributed by atoms with Crippen molar-refractivity contribution in [2.75, 3.05) is 34.4 Å². The number of fused-ring (bicyclic) bond motifs is 1. The maximum atomic E-state index is 13.1. The Hall–Kier alpha value is -2.93. The molecule has 2 aliphatic rings. The van der Waals surface area contributed by atoms with Gasteiger partial charge in [0.1, 0.15) is 34.2 Å². The van der Waals surface area contributed by atoms with Gasteiger partial charge in [-0.25, -0.2) is 0 Å². The molecule has 7 nitrogen and oxygen atoms in total. The van der Waals surface area contributed by atoms with Crippen LogP contribution in [0.5, 0.6) is 23.0 Å². The average Bonchev–Trinajstić information content (AvgIpc) is 2.78. The number of benzene rings is 2. The first-order valence-electron chi connectivity index (χ1n) is 10.0. The molecule has 2 aromatic rings. The van der Waals surface area contributed by atoms with Crippen LogP contribution in [-0.2, 0) is 0 Å². The minimum Gasteiger partial charge on any atom is -0.496 e. The van der Waals surface area contributed by atoms with Crippen molar-refractivity contribution < 1.29 is 28.5 Å². The monoisotopic (exact) mass is 445 g/mol. The van der Waals surface area contributed by atoms with Gasteiger partial charge in [0, 0.05) is 43.1 Å². The molecule has 1 fully saturated rings.